The predicted octanol–water partition coefficient (Wildman–Crippen LogP) is 2.01. The van der Waals surface area contributed by atoms with Gasteiger partial charge in [0.1, 0.15) is 0 Å². The molecular formula is C12H16N2O2. The molecule has 1 N–H and O–H groups in total. The molecule has 0 aliphatic heterocycles. The number of pyridine rings is 1. The van der Waals surface area contributed by atoms with E-state index in [-0.39, 0.29) is 5.69 Å². The number of hydrogen-bond acceptors (Lipinski definition) is 3. The van der Waals surface area contributed by atoms with E-state index in [1.807, 2.05) is 18.0 Å². The molecule has 4 heteroatoms. The van der Waals surface area contributed by atoms with Gasteiger partial charge < -0.3 is 10.0 Å². The normalized spacial score (nSPS) is 16.9. The van der Waals surface area contributed by atoms with Gasteiger partial charge in [-0.3, -0.25) is 0 Å². The highest BCUT2D eigenvalue weighted by Crippen LogP contribution is 2.36. The smallest absolute Gasteiger partial charge is 0.356 e. The Morgan fingerprint density at radius 2 is 2.31 bits per heavy atom. The maximum atomic E-state index is 11.0. The molecule has 0 aromatic carbocycles. The minimum absolute atomic E-state index is 0.137. The molecule has 0 bridgehead atoms. The minimum atomic E-state index is -0.967. The standard InChI is InChI=1S/C12H16N2O2/c1-8(9-5-6-9)14(2)10-4-3-7-13-11(10)12(15)16/h3-4,7-9H,5-6H2,1-2H3,(H,15,16). The number of hydrogen-bond donors (Lipinski definition) is 1. The van der Waals surface area contributed by atoms with Crippen LogP contribution in [0.15, 0.2) is 18.3 Å². The molecule has 1 aliphatic rings. The fraction of sp³-hybridized carbons (Fsp3) is 0.500. The molecule has 4 nitrogen and oxygen atoms in total. The Bertz CT molecular complexity index is 402. The van der Waals surface area contributed by atoms with E-state index in [0.717, 1.165) is 0 Å². The number of rotatable bonds is 4. The van der Waals surface area contributed by atoms with Gasteiger partial charge in [0.05, 0.1) is 5.69 Å². The molecule has 0 saturated heterocycles. The third kappa shape index (κ3) is 2.01. The van der Waals surface area contributed by atoms with Gasteiger partial charge in [0.15, 0.2) is 5.69 Å². The summed E-state index contributed by atoms with van der Waals surface area (Å²) in [6, 6.07) is 3.97. The van der Waals surface area contributed by atoms with Gasteiger partial charge in [-0.05, 0) is 37.8 Å². The van der Waals surface area contributed by atoms with E-state index in [4.69, 9.17) is 5.11 Å². The topological polar surface area (TPSA) is 53.4 Å². The fourth-order valence-electron chi connectivity index (χ4n) is 1.96. The molecule has 1 aliphatic carbocycles. The molecule has 0 spiro atoms. The maximum Gasteiger partial charge on any atom is 0.356 e. The Labute approximate surface area is 94.9 Å². The Morgan fingerprint density at radius 1 is 1.62 bits per heavy atom. The zero-order chi connectivity index (χ0) is 11.7. The lowest BCUT2D eigenvalue weighted by molar-refractivity contribution is 0.0691. The van der Waals surface area contributed by atoms with Crippen LogP contribution in [0, 0.1) is 5.92 Å². The molecule has 1 aromatic heterocycles. The molecule has 1 heterocycles. The van der Waals surface area contributed by atoms with E-state index in [1.165, 1.54) is 19.0 Å². The first-order valence-corrected chi connectivity index (χ1v) is 5.52. The van der Waals surface area contributed by atoms with Crippen molar-refractivity contribution in [1.82, 2.24) is 4.98 Å². The Kier molecular flexibility index (Phi) is 2.81. The summed E-state index contributed by atoms with van der Waals surface area (Å²) in [5, 5.41) is 9.06. The van der Waals surface area contributed by atoms with Gasteiger partial charge in [-0.15, -0.1) is 0 Å². The van der Waals surface area contributed by atoms with Crippen LogP contribution in [0.1, 0.15) is 30.3 Å². The van der Waals surface area contributed by atoms with Gasteiger partial charge >= 0.3 is 5.97 Å². The summed E-state index contributed by atoms with van der Waals surface area (Å²) in [7, 11) is 1.94. The number of carboxylic acids is 1. The minimum Gasteiger partial charge on any atom is -0.476 e. The zero-order valence-corrected chi connectivity index (χ0v) is 9.55. The maximum absolute atomic E-state index is 11.0. The Balaban J connectivity index is 2.27. The molecule has 2 rings (SSSR count). The van der Waals surface area contributed by atoms with Crippen molar-refractivity contribution in [3.63, 3.8) is 0 Å². The Hall–Kier alpha value is -1.58. The molecular weight excluding hydrogens is 204 g/mol. The quantitative estimate of drug-likeness (QED) is 0.843. The zero-order valence-electron chi connectivity index (χ0n) is 9.55. The van der Waals surface area contributed by atoms with Gasteiger partial charge in [-0.25, -0.2) is 9.78 Å². The predicted molar refractivity (Wildman–Crippen MR) is 61.8 cm³/mol. The molecule has 1 atom stereocenters. The van der Waals surface area contributed by atoms with Gasteiger partial charge in [0.25, 0.3) is 0 Å². The number of aromatic nitrogens is 1. The lowest BCUT2D eigenvalue weighted by Gasteiger charge is -2.27. The van der Waals surface area contributed by atoms with Crippen LogP contribution in [-0.4, -0.2) is 29.1 Å². The van der Waals surface area contributed by atoms with Crippen molar-refractivity contribution in [2.75, 3.05) is 11.9 Å². The molecule has 1 fully saturated rings. The van der Waals surface area contributed by atoms with Crippen LogP contribution in [0.5, 0.6) is 0 Å². The summed E-state index contributed by atoms with van der Waals surface area (Å²) < 4.78 is 0. The van der Waals surface area contributed by atoms with Crippen LogP contribution in [0.3, 0.4) is 0 Å². The van der Waals surface area contributed by atoms with Crippen molar-refractivity contribution < 1.29 is 9.90 Å². The average Bonchev–Trinajstić information content (AvgIpc) is 3.11. The second kappa shape index (κ2) is 4.12. The summed E-state index contributed by atoms with van der Waals surface area (Å²) in [5.41, 5.74) is 0.840. The van der Waals surface area contributed by atoms with E-state index in [2.05, 4.69) is 11.9 Å². The Morgan fingerprint density at radius 3 is 2.88 bits per heavy atom. The van der Waals surface area contributed by atoms with E-state index in [9.17, 15) is 4.79 Å². The highest BCUT2D eigenvalue weighted by atomic mass is 16.4. The van der Waals surface area contributed by atoms with Gasteiger partial charge in [-0.1, -0.05) is 0 Å². The van der Waals surface area contributed by atoms with Crippen LogP contribution in [-0.2, 0) is 0 Å². The SMILES string of the molecule is CC(C1CC1)N(C)c1cccnc1C(=O)O. The van der Waals surface area contributed by atoms with Crippen LogP contribution in [0.2, 0.25) is 0 Å². The van der Waals surface area contributed by atoms with E-state index in [1.54, 1.807) is 6.07 Å². The van der Waals surface area contributed by atoms with Crippen molar-refractivity contribution in [2.24, 2.45) is 5.92 Å². The lowest BCUT2D eigenvalue weighted by Crippen LogP contribution is -2.32. The summed E-state index contributed by atoms with van der Waals surface area (Å²) in [6.45, 7) is 2.14. The van der Waals surface area contributed by atoms with Crippen LogP contribution < -0.4 is 4.90 Å². The van der Waals surface area contributed by atoms with Crippen molar-refractivity contribution in [3.05, 3.63) is 24.0 Å². The molecule has 1 aromatic rings. The molecule has 0 amide bonds. The molecule has 1 saturated carbocycles. The van der Waals surface area contributed by atoms with Crippen LogP contribution in [0.4, 0.5) is 5.69 Å². The second-order valence-electron chi connectivity index (χ2n) is 4.37. The van der Waals surface area contributed by atoms with E-state index >= 15 is 0 Å². The van der Waals surface area contributed by atoms with Gasteiger partial charge in [0, 0.05) is 19.3 Å². The third-order valence-electron chi connectivity index (χ3n) is 3.28. The summed E-state index contributed by atoms with van der Waals surface area (Å²) in [4.78, 5) is 17.0. The van der Waals surface area contributed by atoms with E-state index in [0.29, 0.717) is 17.6 Å². The number of aromatic carboxylic acids is 1. The summed E-state index contributed by atoms with van der Waals surface area (Å²) in [6.07, 6.45) is 4.00. The highest BCUT2D eigenvalue weighted by molar-refractivity contribution is 5.92. The number of carboxylic acid groups (broad SMARTS) is 1. The van der Waals surface area contributed by atoms with Crippen LogP contribution >= 0.6 is 0 Å². The summed E-state index contributed by atoms with van der Waals surface area (Å²) in [5.74, 6) is -0.266. The lowest BCUT2D eigenvalue weighted by atomic mass is 10.1. The number of nitrogens with zero attached hydrogens (tertiary/aromatic N) is 2. The first kappa shape index (κ1) is 10.9. The van der Waals surface area contributed by atoms with Crippen LogP contribution in [0.25, 0.3) is 0 Å². The fourth-order valence-corrected chi connectivity index (χ4v) is 1.96. The van der Waals surface area contributed by atoms with Gasteiger partial charge in [0.2, 0.25) is 0 Å². The molecule has 86 valence electrons. The molecule has 0 radical (unpaired) electrons. The largest absolute Gasteiger partial charge is 0.476 e. The first-order valence-electron chi connectivity index (χ1n) is 5.52. The molecule has 16 heavy (non-hydrogen) atoms. The average molecular weight is 220 g/mol. The third-order valence-corrected chi connectivity index (χ3v) is 3.28. The second-order valence-corrected chi connectivity index (χ2v) is 4.37. The van der Waals surface area contributed by atoms with Crippen molar-refractivity contribution >= 4 is 11.7 Å². The molecule has 1 unspecified atom stereocenters. The number of anilines is 1. The monoisotopic (exact) mass is 220 g/mol. The number of carbonyl (C=O) groups is 1. The van der Waals surface area contributed by atoms with Crippen molar-refractivity contribution in [2.45, 2.75) is 25.8 Å². The van der Waals surface area contributed by atoms with Crippen molar-refractivity contribution in [3.8, 4) is 0 Å². The van der Waals surface area contributed by atoms with Gasteiger partial charge in [-0.2, -0.15) is 0 Å². The first-order chi connectivity index (χ1) is 7.61. The van der Waals surface area contributed by atoms with Crippen molar-refractivity contribution in [1.29, 1.82) is 0 Å². The summed E-state index contributed by atoms with van der Waals surface area (Å²) >= 11 is 0. The highest BCUT2D eigenvalue weighted by Gasteiger charge is 2.31. The van der Waals surface area contributed by atoms with E-state index < -0.39 is 5.97 Å².